The lowest BCUT2D eigenvalue weighted by Crippen LogP contribution is -2.21. The summed E-state index contributed by atoms with van der Waals surface area (Å²) in [5.41, 5.74) is 0. The van der Waals surface area contributed by atoms with E-state index < -0.39 is 9.84 Å². The highest BCUT2D eigenvalue weighted by atomic mass is 32.2. The van der Waals surface area contributed by atoms with Crippen LogP contribution in [0.3, 0.4) is 0 Å². The average molecular weight is 220 g/mol. The first-order valence-electron chi connectivity index (χ1n) is 5.35. The molecule has 0 aliphatic heterocycles. The van der Waals surface area contributed by atoms with Crippen molar-refractivity contribution in [3.8, 4) is 0 Å². The zero-order valence-corrected chi connectivity index (χ0v) is 9.59. The molecule has 0 aromatic carbocycles. The number of hydrogen-bond donors (Lipinski definition) is 1. The number of hydrogen-bond acceptors (Lipinski definition) is 3. The van der Waals surface area contributed by atoms with Crippen molar-refractivity contribution in [3.63, 3.8) is 0 Å². The summed E-state index contributed by atoms with van der Waals surface area (Å²) in [5, 5.41) is 9.75. The van der Waals surface area contributed by atoms with Crippen LogP contribution in [0.25, 0.3) is 0 Å². The van der Waals surface area contributed by atoms with Gasteiger partial charge in [0.2, 0.25) is 0 Å². The number of aliphatic hydroxyl groups excluding tert-OH is 1. The molecule has 1 fully saturated rings. The minimum absolute atomic E-state index is 0.201. The molecule has 2 atom stereocenters. The third kappa shape index (κ3) is 4.42. The fraction of sp³-hybridized carbons (Fsp3) is 1.00. The molecule has 1 rings (SSSR count). The molecule has 14 heavy (non-hydrogen) atoms. The highest BCUT2D eigenvalue weighted by molar-refractivity contribution is 7.90. The van der Waals surface area contributed by atoms with Gasteiger partial charge >= 0.3 is 0 Å². The molecule has 1 aliphatic carbocycles. The highest BCUT2D eigenvalue weighted by Gasteiger charge is 2.22. The molecule has 0 saturated heterocycles. The van der Waals surface area contributed by atoms with E-state index in [1.165, 1.54) is 12.7 Å². The molecule has 0 aromatic rings. The van der Waals surface area contributed by atoms with Crippen LogP contribution in [-0.4, -0.2) is 31.6 Å². The molecular formula is C10H20O3S. The number of rotatable bonds is 3. The summed E-state index contributed by atoms with van der Waals surface area (Å²) < 4.78 is 22.0. The summed E-state index contributed by atoms with van der Waals surface area (Å²) in [6.45, 7) is 0. The van der Waals surface area contributed by atoms with Crippen molar-refractivity contribution in [2.24, 2.45) is 5.92 Å². The number of aliphatic hydroxyl groups is 1. The van der Waals surface area contributed by atoms with E-state index in [1.807, 2.05) is 0 Å². The zero-order chi connectivity index (χ0) is 10.6. The largest absolute Gasteiger partial charge is 0.393 e. The van der Waals surface area contributed by atoms with Crippen LogP contribution in [0.1, 0.15) is 38.5 Å². The van der Waals surface area contributed by atoms with Gasteiger partial charge in [-0.1, -0.05) is 19.3 Å². The van der Waals surface area contributed by atoms with E-state index in [0.29, 0.717) is 6.42 Å². The third-order valence-corrected chi connectivity index (χ3v) is 3.96. The molecule has 2 unspecified atom stereocenters. The molecule has 84 valence electrons. The van der Waals surface area contributed by atoms with Gasteiger partial charge in [0.15, 0.2) is 0 Å². The SMILES string of the molecule is CS(=O)(=O)CCC1CCCCCC1O. The quantitative estimate of drug-likeness (QED) is 0.731. The minimum Gasteiger partial charge on any atom is -0.393 e. The first-order chi connectivity index (χ1) is 6.49. The van der Waals surface area contributed by atoms with E-state index in [9.17, 15) is 13.5 Å². The van der Waals surface area contributed by atoms with Crippen LogP contribution in [0, 0.1) is 5.92 Å². The van der Waals surface area contributed by atoms with Gasteiger partial charge in [0.25, 0.3) is 0 Å². The Kier molecular flexibility index (Phi) is 4.38. The van der Waals surface area contributed by atoms with Gasteiger partial charge in [-0.3, -0.25) is 0 Å². The molecule has 0 amide bonds. The van der Waals surface area contributed by atoms with Crippen LogP contribution in [0.2, 0.25) is 0 Å². The molecule has 1 N–H and O–H groups in total. The lowest BCUT2D eigenvalue weighted by atomic mass is 9.95. The Balaban J connectivity index is 2.41. The van der Waals surface area contributed by atoms with Crippen LogP contribution in [0.15, 0.2) is 0 Å². The average Bonchev–Trinajstić information content (AvgIpc) is 2.25. The van der Waals surface area contributed by atoms with E-state index in [1.54, 1.807) is 0 Å². The maximum absolute atomic E-state index is 11.0. The van der Waals surface area contributed by atoms with Crippen molar-refractivity contribution in [2.45, 2.75) is 44.6 Å². The molecule has 0 aromatic heterocycles. The second kappa shape index (κ2) is 5.12. The van der Waals surface area contributed by atoms with E-state index in [2.05, 4.69) is 0 Å². The van der Waals surface area contributed by atoms with Crippen molar-refractivity contribution in [1.82, 2.24) is 0 Å². The molecule has 1 saturated carbocycles. The molecule has 0 radical (unpaired) electrons. The van der Waals surface area contributed by atoms with Crippen molar-refractivity contribution < 1.29 is 13.5 Å². The van der Waals surface area contributed by atoms with Crippen molar-refractivity contribution >= 4 is 9.84 Å². The molecule has 0 spiro atoms. The molecule has 4 heteroatoms. The van der Waals surface area contributed by atoms with Crippen LogP contribution >= 0.6 is 0 Å². The van der Waals surface area contributed by atoms with Gasteiger partial charge in [-0.25, -0.2) is 8.42 Å². The lowest BCUT2D eigenvalue weighted by Gasteiger charge is -2.19. The fourth-order valence-electron chi connectivity index (χ4n) is 2.07. The predicted octanol–water partition coefficient (Wildman–Crippen LogP) is 1.36. The van der Waals surface area contributed by atoms with Crippen LogP contribution in [-0.2, 0) is 9.84 Å². The Labute approximate surface area is 86.4 Å². The van der Waals surface area contributed by atoms with Crippen molar-refractivity contribution in [2.75, 3.05) is 12.0 Å². The second-order valence-electron chi connectivity index (χ2n) is 4.38. The Bertz CT molecular complexity index is 259. The standard InChI is InChI=1S/C10H20O3S/c1-14(12,13)8-7-9-5-3-2-4-6-10(9)11/h9-11H,2-8H2,1H3. The van der Waals surface area contributed by atoms with Crippen molar-refractivity contribution in [3.05, 3.63) is 0 Å². The maximum atomic E-state index is 11.0. The van der Waals surface area contributed by atoms with E-state index in [0.717, 1.165) is 25.7 Å². The van der Waals surface area contributed by atoms with Gasteiger partial charge in [-0.15, -0.1) is 0 Å². The van der Waals surface area contributed by atoms with Gasteiger partial charge < -0.3 is 5.11 Å². The van der Waals surface area contributed by atoms with Gasteiger partial charge in [0, 0.05) is 6.26 Å². The molecular weight excluding hydrogens is 200 g/mol. The summed E-state index contributed by atoms with van der Waals surface area (Å²) in [7, 11) is -2.87. The minimum atomic E-state index is -2.87. The van der Waals surface area contributed by atoms with E-state index >= 15 is 0 Å². The maximum Gasteiger partial charge on any atom is 0.147 e. The van der Waals surface area contributed by atoms with E-state index in [4.69, 9.17) is 0 Å². The Morgan fingerprint density at radius 2 is 1.86 bits per heavy atom. The fourth-order valence-corrected chi connectivity index (χ4v) is 2.80. The van der Waals surface area contributed by atoms with Gasteiger partial charge in [-0.2, -0.15) is 0 Å². The summed E-state index contributed by atoms with van der Waals surface area (Å²) in [4.78, 5) is 0. The predicted molar refractivity (Wildman–Crippen MR) is 56.9 cm³/mol. The topological polar surface area (TPSA) is 54.4 Å². The van der Waals surface area contributed by atoms with Crippen molar-refractivity contribution in [1.29, 1.82) is 0 Å². The van der Waals surface area contributed by atoms with Gasteiger partial charge in [0.05, 0.1) is 11.9 Å². The Morgan fingerprint density at radius 3 is 2.50 bits per heavy atom. The lowest BCUT2D eigenvalue weighted by molar-refractivity contribution is 0.0989. The summed E-state index contributed by atoms with van der Waals surface area (Å²) >= 11 is 0. The third-order valence-electron chi connectivity index (χ3n) is 2.98. The number of sulfone groups is 1. The summed E-state index contributed by atoms with van der Waals surface area (Å²) in [5.74, 6) is 0.418. The normalized spacial score (nSPS) is 29.9. The first-order valence-corrected chi connectivity index (χ1v) is 7.41. The van der Waals surface area contributed by atoms with E-state index in [-0.39, 0.29) is 17.8 Å². The molecule has 1 aliphatic rings. The van der Waals surface area contributed by atoms with Gasteiger partial charge in [0.1, 0.15) is 9.84 Å². The smallest absolute Gasteiger partial charge is 0.147 e. The summed E-state index contributed by atoms with van der Waals surface area (Å²) in [6, 6.07) is 0. The molecule has 3 nitrogen and oxygen atoms in total. The van der Waals surface area contributed by atoms with Gasteiger partial charge in [-0.05, 0) is 25.2 Å². The highest BCUT2D eigenvalue weighted by Crippen LogP contribution is 2.26. The summed E-state index contributed by atoms with van der Waals surface area (Å²) in [6.07, 6.45) is 6.81. The molecule has 0 heterocycles. The zero-order valence-electron chi connectivity index (χ0n) is 8.78. The van der Waals surface area contributed by atoms with Crippen LogP contribution in [0.4, 0.5) is 0 Å². The Morgan fingerprint density at radius 1 is 1.21 bits per heavy atom. The van der Waals surface area contributed by atoms with Crippen LogP contribution < -0.4 is 0 Å². The van der Waals surface area contributed by atoms with Crippen LogP contribution in [0.5, 0.6) is 0 Å². The second-order valence-corrected chi connectivity index (χ2v) is 6.64. The monoisotopic (exact) mass is 220 g/mol. The first kappa shape index (κ1) is 12.0. The Hall–Kier alpha value is -0.0900. The molecule has 0 bridgehead atoms.